The first kappa shape index (κ1) is 18.6. The molecule has 0 aliphatic rings. The fourth-order valence-electron chi connectivity index (χ4n) is 3.00. The molecule has 0 saturated heterocycles. The molecule has 0 fully saturated rings. The average Bonchev–Trinajstić information content (AvgIpc) is 2.78. The summed E-state index contributed by atoms with van der Waals surface area (Å²) in [5, 5.41) is 13.7. The SMILES string of the molecule is CCCCNCc1c(C(=O)O)c(C)n(Cc2ccccc2Cl)c1C. The van der Waals surface area contributed by atoms with Crippen molar-refractivity contribution in [2.75, 3.05) is 6.54 Å². The van der Waals surface area contributed by atoms with Crippen molar-refractivity contribution < 1.29 is 9.90 Å². The number of benzene rings is 1. The third-order valence-electron chi connectivity index (χ3n) is 4.42. The first-order chi connectivity index (χ1) is 11.5. The van der Waals surface area contributed by atoms with Crippen LogP contribution in [-0.2, 0) is 13.1 Å². The van der Waals surface area contributed by atoms with Crippen molar-refractivity contribution in [2.24, 2.45) is 0 Å². The van der Waals surface area contributed by atoms with Crippen LogP contribution in [0.2, 0.25) is 5.02 Å². The maximum atomic E-state index is 11.7. The number of aromatic carboxylic acids is 1. The summed E-state index contributed by atoms with van der Waals surface area (Å²) >= 11 is 6.26. The van der Waals surface area contributed by atoms with E-state index in [1.54, 1.807) is 0 Å². The fraction of sp³-hybridized carbons (Fsp3) is 0.421. The number of nitrogens with one attached hydrogen (secondary N) is 1. The van der Waals surface area contributed by atoms with E-state index in [0.29, 0.717) is 23.7 Å². The molecule has 1 aromatic carbocycles. The lowest BCUT2D eigenvalue weighted by Crippen LogP contribution is -2.17. The minimum absolute atomic E-state index is 0.406. The second kappa shape index (κ2) is 8.36. The highest BCUT2D eigenvalue weighted by atomic mass is 35.5. The van der Waals surface area contributed by atoms with E-state index in [0.717, 1.165) is 41.9 Å². The van der Waals surface area contributed by atoms with E-state index in [-0.39, 0.29) is 0 Å². The Morgan fingerprint density at radius 3 is 2.58 bits per heavy atom. The van der Waals surface area contributed by atoms with Gasteiger partial charge in [-0.2, -0.15) is 0 Å². The first-order valence-electron chi connectivity index (χ1n) is 8.33. The molecule has 2 rings (SSSR count). The van der Waals surface area contributed by atoms with Gasteiger partial charge in [-0.25, -0.2) is 4.79 Å². The Bertz CT molecular complexity index is 722. The normalized spacial score (nSPS) is 11.0. The predicted octanol–water partition coefficient (Wildman–Crippen LogP) is 4.39. The lowest BCUT2D eigenvalue weighted by atomic mass is 10.1. The zero-order chi connectivity index (χ0) is 17.7. The molecular formula is C19H25ClN2O2. The van der Waals surface area contributed by atoms with Gasteiger partial charge in [0.05, 0.1) is 5.56 Å². The van der Waals surface area contributed by atoms with Crippen molar-refractivity contribution in [3.63, 3.8) is 0 Å². The van der Waals surface area contributed by atoms with Gasteiger partial charge in [-0.3, -0.25) is 0 Å². The molecule has 0 aliphatic carbocycles. The zero-order valence-electron chi connectivity index (χ0n) is 14.5. The van der Waals surface area contributed by atoms with Crippen LogP contribution in [0.5, 0.6) is 0 Å². The molecule has 130 valence electrons. The van der Waals surface area contributed by atoms with Crippen LogP contribution in [-0.4, -0.2) is 22.2 Å². The molecule has 0 radical (unpaired) electrons. The number of halogens is 1. The van der Waals surface area contributed by atoms with Gasteiger partial charge in [-0.1, -0.05) is 43.1 Å². The van der Waals surface area contributed by atoms with Crippen LogP contribution < -0.4 is 5.32 Å². The highest BCUT2D eigenvalue weighted by Gasteiger charge is 2.22. The van der Waals surface area contributed by atoms with Gasteiger partial charge in [0.25, 0.3) is 0 Å². The molecule has 24 heavy (non-hydrogen) atoms. The van der Waals surface area contributed by atoms with Gasteiger partial charge in [0.2, 0.25) is 0 Å². The third-order valence-corrected chi connectivity index (χ3v) is 4.79. The van der Waals surface area contributed by atoms with Crippen LogP contribution in [0.15, 0.2) is 24.3 Å². The lowest BCUT2D eigenvalue weighted by molar-refractivity contribution is 0.0694. The van der Waals surface area contributed by atoms with Crippen molar-refractivity contribution in [2.45, 2.75) is 46.7 Å². The minimum atomic E-state index is -0.874. The van der Waals surface area contributed by atoms with E-state index in [1.165, 1.54) is 0 Å². The van der Waals surface area contributed by atoms with Gasteiger partial charge in [0, 0.05) is 35.1 Å². The van der Waals surface area contributed by atoms with Crippen LogP contribution in [0.3, 0.4) is 0 Å². The quantitative estimate of drug-likeness (QED) is 0.695. The predicted molar refractivity (Wildman–Crippen MR) is 98.0 cm³/mol. The lowest BCUT2D eigenvalue weighted by Gasteiger charge is -2.11. The van der Waals surface area contributed by atoms with Crippen molar-refractivity contribution in [1.82, 2.24) is 9.88 Å². The topological polar surface area (TPSA) is 54.3 Å². The van der Waals surface area contributed by atoms with Crippen molar-refractivity contribution in [1.29, 1.82) is 0 Å². The van der Waals surface area contributed by atoms with Gasteiger partial charge < -0.3 is 15.0 Å². The summed E-state index contributed by atoms with van der Waals surface area (Å²) in [6.07, 6.45) is 2.20. The number of unbranched alkanes of at least 4 members (excludes halogenated alkanes) is 1. The number of aromatic nitrogens is 1. The molecular weight excluding hydrogens is 324 g/mol. The van der Waals surface area contributed by atoms with E-state index in [2.05, 4.69) is 12.2 Å². The van der Waals surface area contributed by atoms with Crippen molar-refractivity contribution in [3.05, 3.63) is 57.4 Å². The summed E-state index contributed by atoms with van der Waals surface area (Å²) in [7, 11) is 0. The maximum Gasteiger partial charge on any atom is 0.337 e. The van der Waals surface area contributed by atoms with E-state index >= 15 is 0 Å². The van der Waals surface area contributed by atoms with E-state index in [4.69, 9.17) is 11.6 Å². The highest BCUT2D eigenvalue weighted by molar-refractivity contribution is 6.31. The molecule has 4 nitrogen and oxygen atoms in total. The van der Waals surface area contributed by atoms with Crippen LogP contribution >= 0.6 is 11.6 Å². The molecule has 0 aliphatic heterocycles. The number of carboxylic acids is 1. The summed E-state index contributed by atoms with van der Waals surface area (Å²) in [5.41, 5.74) is 4.01. The molecule has 0 bridgehead atoms. The van der Waals surface area contributed by atoms with Gasteiger partial charge in [0.1, 0.15) is 0 Å². The van der Waals surface area contributed by atoms with Gasteiger partial charge in [-0.05, 0) is 38.4 Å². The first-order valence-corrected chi connectivity index (χ1v) is 8.71. The Morgan fingerprint density at radius 2 is 1.96 bits per heavy atom. The van der Waals surface area contributed by atoms with Crippen molar-refractivity contribution >= 4 is 17.6 Å². The van der Waals surface area contributed by atoms with Crippen LogP contribution in [0.1, 0.15) is 52.6 Å². The summed E-state index contributed by atoms with van der Waals surface area (Å²) < 4.78 is 2.04. The molecule has 5 heteroatoms. The Kier molecular flexibility index (Phi) is 6.46. The maximum absolute atomic E-state index is 11.7. The van der Waals surface area contributed by atoms with Crippen LogP contribution in [0.4, 0.5) is 0 Å². The molecule has 0 unspecified atom stereocenters. The second-order valence-electron chi connectivity index (χ2n) is 6.04. The molecule has 0 saturated carbocycles. The number of hydrogen-bond donors (Lipinski definition) is 2. The highest BCUT2D eigenvalue weighted by Crippen LogP contribution is 2.25. The molecule has 1 aromatic heterocycles. The van der Waals surface area contributed by atoms with Crippen LogP contribution in [0, 0.1) is 13.8 Å². The molecule has 2 aromatic rings. The van der Waals surface area contributed by atoms with Crippen LogP contribution in [0.25, 0.3) is 0 Å². The van der Waals surface area contributed by atoms with Gasteiger partial charge >= 0.3 is 5.97 Å². The number of carboxylic acid groups (broad SMARTS) is 1. The molecule has 0 spiro atoms. The number of hydrogen-bond acceptors (Lipinski definition) is 2. The smallest absolute Gasteiger partial charge is 0.337 e. The average molecular weight is 349 g/mol. The molecule has 0 amide bonds. The summed E-state index contributed by atoms with van der Waals surface area (Å²) in [6.45, 7) is 8.02. The molecule has 1 heterocycles. The Morgan fingerprint density at radius 1 is 1.25 bits per heavy atom. The standard InChI is InChI=1S/C19H25ClN2O2/c1-4-5-10-21-11-16-13(2)22(14(3)18(16)19(23)24)12-15-8-6-7-9-17(15)20/h6-9,21H,4-5,10-12H2,1-3H3,(H,23,24). The molecule has 2 N–H and O–H groups in total. The van der Waals surface area contributed by atoms with E-state index in [1.807, 2.05) is 42.7 Å². The zero-order valence-corrected chi connectivity index (χ0v) is 15.3. The summed E-state index contributed by atoms with van der Waals surface area (Å²) in [6, 6.07) is 7.67. The Labute approximate surface area is 148 Å². The molecule has 0 atom stereocenters. The summed E-state index contributed by atoms with van der Waals surface area (Å²) in [4.78, 5) is 11.7. The Hall–Kier alpha value is -1.78. The number of carbonyl (C=O) groups is 1. The Balaban J connectivity index is 2.35. The third kappa shape index (κ3) is 4.00. The number of rotatable bonds is 8. The largest absolute Gasteiger partial charge is 0.478 e. The fourth-order valence-corrected chi connectivity index (χ4v) is 3.19. The van der Waals surface area contributed by atoms with Gasteiger partial charge in [-0.15, -0.1) is 0 Å². The monoisotopic (exact) mass is 348 g/mol. The summed E-state index contributed by atoms with van der Waals surface area (Å²) in [5.74, 6) is -0.874. The van der Waals surface area contributed by atoms with E-state index in [9.17, 15) is 9.90 Å². The van der Waals surface area contributed by atoms with Gasteiger partial charge in [0.15, 0.2) is 0 Å². The second-order valence-corrected chi connectivity index (χ2v) is 6.44. The minimum Gasteiger partial charge on any atom is -0.478 e. The van der Waals surface area contributed by atoms with E-state index < -0.39 is 5.97 Å². The number of nitrogens with zero attached hydrogens (tertiary/aromatic N) is 1. The van der Waals surface area contributed by atoms with Crippen molar-refractivity contribution in [3.8, 4) is 0 Å².